The first-order valence-corrected chi connectivity index (χ1v) is 8.75. The minimum atomic E-state index is -0.396. The van der Waals surface area contributed by atoms with E-state index >= 15 is 0 Å². The van der Waals surface area contributed by atoms with Crippen LogP contribution in [0.15, 0.2) is 66.7 Å². The van der Waals surface area contributed by atoms with E-state index in [0.717, 1.165) is 24.0 Å². The minimum absolute atomic E-state index is 0.0833. The second-order valence-electron chi connectivity index (χ2n) is 6.17. The molecule has 2 aromatic rings. The summed E-state index contributed by atoms with van der Waals surface area (Å²) in [5.41, 5.74) is 6.84. The number of para-hydroxylation sites is 1. The van der Waals surface area contributed by atoms with Crippen molar-refractivity contribution in [2.45, 2.75) is 19.3 Å². The summed E-state index contributed by atoms with van der Waals surface area (Å²) >= 11 is 0. The molecule has 0 fully saturated rings. The lowest BCUT2D eigenvalue weighted by Gasteiger charge is -2.17. The number of carbonyl (C=O) groups is 2. The van der Waals surface area contributed by atoms with Crippen LogP contribution in [0.1, 0.15) is 19.3 Å². The lowest BCUT2D eigenvalue weighted by molar-refractivity contribution is -0.132. The van der Waals surface area contributed by atoms with Crippen molar-refractivity contribution in [3.8, 4) is 16.9 Å². The first-order chi connectivity index (χ1) is 12.7. The summed E-state index contributed by atoms with van der Waals surface area (Å²) in [6.07, 6.45) is 6.48. The number of hydrogen-bond donors (Lipinski definition) is 2. The third-order valence-electron chi connectivity index (χ3n) is 4.30. The Labute approximate surface area is 153 Å². The van der Waals surface area contributed by atoms with Crippen molar-refractivity contribution in [2.75, 3.05) is 6.61 Å². The molecule has 0 saturated heterocycles. The predicted octanol–water partition coefficient (Wildman–Crippen LogP) is 3.24. The van der Waals surface area contributed by atoms with Crippen LogP contribution in [-0.4, -0.2) is 18.4 Å². The number of ether oxygens (including phenoxy) is 1. The van der Waals surface area contributed by atoms with Crippen LogP contribution in [0.4, 0.5) is 0 Å². The molecule has 0 spiro atoms. The minimum Gasteiger partial charge on any atom is -0.483 e. The average Bonchev–Trinajstić information content (AvgIpc) is 2.72. The molecule has 0 aliphatic heterocycles. The molecule has 134 valence electrons. The van der Waals surface area contributed by atoms with Crippen molar-refractivity contribution in [1.29, 1.82) is 0 Å². The van der Waals surface area contributed by atoms with Crippen LogP contribution in [-0.2, 0) is 9.59 Å². The number of hydrazine groups is 1. The van der Waals surface area contributed by atoms with Crippen LogP contribution in [0.25, 0.3) is 11.1 Å². The van der Waals surface area contributed by atoms with Gasteiger partial charge in [-0.05, 0) is 30.9 Å². The number of allylic oxidation sites excluding steroid dienone is 2. The second-order valence-corrected chi connectivity index (χ2v) is 6.17. The zero-order valence-corrected chi connectivity index (χ0v) is 14.5. The average molecular weight is 350 g/mol. The van der Waals surface area contributed by atoms with Crippen LogP contribution in [0.2, 0.25) is 0 Å². The van der Waals surface area contributed by atoms with E-state index in [4.69, 9.17) is 4.74 Å². The van der Waals surface area contributed by atoms with Crippen molar-refractivity contribution in [3.63, 3.8) is 0 Å². The van der Waals surface area contributed by atoms with Crippen LogP contribution in [0.5, 0.6) is 5.75 Å². The van der Waals surface area contributed by atoms with Crippen LogP contribution >= 0.6 is 0 Å². The van der Waals surface area contributed by atoms with Gasteiger partial charge >= 0.3 is 0 Å². The van der Waals surface area contributed by atoms with Crippen molar-refractivity contribution in [2.24, 2.45) is 5.92 Å². The molecule has 1 atom stereocenters. The first kappa shape index (κ1) is 17.7. The molecule has 2 N–H and O–H groups in total. The molecule has 0 radical (unpaired) electrons. The third kappa shape index (κ3) is 4.72. The largest absolute Gasteiger partial charge is 0.483 e. The standard InChI is InChI=1S/C21H22N2O3/c24-20(22-23-21(25)17-11-5-2-6-12-17)15-26-19-14-8-7-13-18(19)16-9-3-1-4-10-16/h1-5,7-10,13-14,17H,6,11-12,15H2,(H,22,24)(H,23,25)/t17-/m0/s1. The fourth-order valence-electron chi connectivity index (χ4n) is 2.89. The lowest BCUT2D eigenvalue weighted by atomic mass is 9.94. The molecule has 5 heteroatoms. The highest BCUT2D eigenvalue weighted by Gasteiger charge is 2.19. The molecule has 0 bridgehead atoms. The van der Waals surface area contributed by atoms with Gasteiger partial charge in [0, 0.05) is 11.5 Å². The predicted molar refractivity (Wildman–Crippen MR) is 100 cm³/mol. The summed E-state index contributed by atoms with van der Waals surface area (Å²) in [5, 5.41) is 0. The molecule has 0 unspecified atom stereocenters. The summed E-state index contributed by atoms with van der Waals surface area (Å²) in [7, 11) is 0. The van der Waals surface area contributed by atoms with Gasteiger partial charge in [0.25, 0.3) is 5.91 Å². The summed E-state index contributed by atoms with van der Waals surface area (Å²) in [4.78, 5) is 24.0. The summed E-state index contributed by atoms with van der Waals surface area (Å²) < 4.78 is 5.66. The molecular formula is C21H22N2O3. The topological polar surface area (TPSA) is 67.4 Å². The van der Waals surface area contributed by atoms with E-state index in [1.165, 1.54) is 0 Å². The zero-order valence-electron chi connectivity index (χ0n) is 14.5. The maximum Gasteiger partial charge on any atom is 0.276 e. The molecule has 2 amide bonds. The molecule has 2 aromatic carbocycles. The normalized spacial score (nSPS) is 15.9. The highest BCUT2D eigenvalue weighted by Crippen LogP contribution is 2.29. The summed E-state index contributed by atoms with van der Waals surface area (Å²) in [6.45, 7) is -0.172. The van der Waals surface area contributed by atoms with Crippen LogP contribution in [0.3, 0.4) is 0 Å². The fourth-order valence-corrected chi connectivity index (χ4v) is 2.89. The van der Waals surface area contributed by atoms with Gasteiger partial charge < -0.3 is 4.74 Å². The van der Waals surface area contributed by atoms with Gasteiger partial charge in [-0.2, -0.15) is 0 Å². The Morgan fingerprint density at radius 1 is 0.962 bits per heavy atom. The molecule has 0 saturated carbocycles. The Hall–Kier alpha value is -3.08. The van der Waals surface area contributed by atoms with Gasteiger partial charge in [0.05, 0.1) is 0 Å². The number of rotatable bonds is 5. The molecule has 3 rings (SSSR count). The molecule has 1 aliphatic rings. The third-order valence-corrected chi connectivity index (χ3v) is 4.30. The number of benzene rings is 2. The first-order valence-electron chi connectivity index (χ1n) is 8.75. The molecule has 0 heterocycles. The van der Waals surface area contributed by atoms with Crippen molar-refractivity contribution in [3.05, 3.63) is 66.7 Å². The quantitative estimate of drug-likeness (QED) is 0.643. The van der Waals surface area contributed by atoms with Gasteiger partial charge in [-0.25, -0.2) is 0 Å². The number of carbonyl (C=O) groups excluding carboxylic acids is 2. The van der Waals surface area contributed by atoms with E-state index in [2.05, 4.69) is 16.9 Å². The SMILES string of the molecule is O=C(COc1ccccc1-c1ccccc1)NNC(=O)[C@H]1CC=CCC1. The molecule has 1 aliphatic carbocycles. The number of hydrogen-bond acceptors (Lipinski definition) is 3. The number of nitrogens with one attached hydrogen (secondary N) is 2. The van der Waals surface area contributed by atoms with Gasteiger partial charge in [0.1, 0.15) is 5.75 Å². The molecule has 26 heavy (non-hydrogen) atoms. The molecule has 5 nitrogen and oxygen atoms in total. The van der Waals surface area contributed by atoms with E-state index in [-0.39, 0.29) is 18.4 Å². The maximum atomic E-state index is 12.0. The fraction of sp³-hybridized carbons (Fsp3) is 0.238. The van der Waals surface area contributed by atoms with Crippen molar-refractivity contribution >= 4 is 11.8 Å². The van der Waals surface area contributed by atoms with Crippen molar-refractivity contribution < 1.29 is 14.3 Å². The van der Waals surface area contributed by atoms with E-state index in [9.17, 15) is 9.59 Å². The summed E-state index contributed by atoms with van der Waals surface area (Å²) in [6, 6.07) is 17.4. The van der Waals surface area contributed by atoms with Crippen LogP contribution in [0, 0.1) is 5.92 Å². The number of amides is 2. The Balaban J connectivity index is 1.52. The van der Waals surface area contributed by atoms with E-state index < -0.39 is 5.91 Å². The van der Waals surface area contributed by atoms with Crippen molar-refractivity contribution in [1.82, 2.24) is 10.9 Å². The highest BCUT2D eigenvalue weighted by atomic mass is 16.5. The Morgan fingerprint density at radius 3 is 2.50 bits per heavy atom. The van der Waals surface area contributed by atoms with Gasteiger partial charge in [0.15, 0.2) is 6.61 Å². The maximum absolute atomic E-state index is 12.0. The lowest BCUT2D eigenvalue weighted by Crippen LogP contribution is -2.46. The van der Waals surface area contributed by atoms with E-state index in [1.807, 2.05) is 60.7 Å². The van der Waals surface area contributed by atoms with Gasteiger partial charge in [-0.3, -0.25) is 20.4 Å². The van der Waals surface area contributed by atoms with E-state index in [1.54, 1.807) is 0 Å². The van der Waals surface area contributed by atoms with Gasteiger partial charge in [-0.1, -0.05) is 60.7 Å². The molecular weight excluding hydrogens is 328 g/mol. The second kappa shape index (κ2) is 8.85. The smallest absolute Gasteiger partial charge is 0.276 e. The van der Waals surface area contributed by atoms with Gasteiger partial charge in [0.2, 0.25) is 5.91 Å². The summed E-state index contributed by atoms with van der Waals surface area (Å²) in [5.74, 6) is -0.0161. The Morgan fingerprint density at radius 2 is 1.73 bits per heavy atom. The molecule has 0 aromatic heterocycles. The zero-order chi connectivity index (χ0) is 18.2. The van der Waals surface area contributed by atoms with E-state index in [0.29, 0.717) is 12.2 Å². The Kier molecular flexibility index (Phi) is 6.04. The van der Waals surface area contributed by atoms with Crippen LogP contribution < -0.4 is 15.6 Å². The monoisotopic (exact) mass is 350 g/mol. The van der Waals surface area contributed by atoms with Gasteiger partial charge in [-0.15, -0.1) is 0 Å². The highest BCUT2D eigenvalue weighted by molar-refractivity contribution is 5.84. The Bertz CT molecular complexity index is 787.